The molecule has 0 aliphatic rings. The summed E-state index contributed by atoms with van der Waals surface area (Å²) in [7, 11) is 0. The van der Waals surface area contributed by atoms with Crippen molar-refractivity contribution in [1.82, 2.24) is 5.32 Å². The van der Waals surface area contributed by atoms with Crippen LogP contribution in [-0.4, -0.2) is 35.2 Å². The molecular formula is C29H25NO4. The van der Waals surface area contributed by atoms with Gasteiger partial charge >= 0.3 is 0 Å². The lowest BCUT2D eigenvalue weighted by molar-refractivity contribution is -0.120. The van der Waals surface area contributed by atoms with E-state index in [1.54, 1.807) is 48.5 Å². The van der Waals surface area contributed by atoms with E-state index in [1.807, 2.05) is 48.5 Å². The number of ketones is 2. The van der Waals surface area contributed by atoms with Crippen molar-refractivity contribution in [2.75, 3.05) is 6.61 Å². The lowest BCUT2D eigenvalue weighted by Crippen LogP contribution is -2.43. The molecule has 0 heterocycles. The Morgan fingerprint density at radius 2 is 1.35 bits per heavy atom. The number of hydrogen-bond donors (Lipinski definition) is 2. The molecule has 170 valence electrons. The average Bonchev–Trinajstić information content (AvgIpc) is 2.88. The van der Waals surface area contributed by atoms with Gasteiger partial charge in [0, 0.05) is 17.5 Å². The van der Waals surface area contributed by atoms with E-state index in [4.69, 9.17) is 5.11 Å². The SMILES string of the molecule is O=C(CO)c1ccc(CC(=O)[C@H](Cc2ccc3ccccc3c2)NC(=O)c2ccccc2)cc1. The Labute approximate surface area is 198 Å². The first-order valence-corrected chi connectivity index (χ1v) is 11.1. The summed E-state index contributed by atoms with van der Waals surface area (Å²) in [6, 6.07) is 28.7. The van der Waals surface area contributed by atoms with Crippen molar-refractivity contribution in [3.8, 4) is 0 Å². The normalized spacial score (nSPS) is 11.7. The molecule has 0 aliphatic heterocycles. The molecule has 4 aromatic rings. The van der Waals surface area contributed by atoms with Crippen LogP contribution in [0.4, 0.5) is 0 Å². The molecule has 0 aliphatic carbocycles. The van der Waals surface area contributed by atoms with E-state index < -0.39 is 12.6 Å². The predicted octanol–water partition coefficient (Wildman–Crippen LogP) is 4.17. The Balaban J connectivity index is 1.56. The number of benzene rings is 4. The lowest BCUT2D eigenvalue weighted by Gasteiger charge is -2.19. The number of Topliss-reactive ketones (excluding diaryl/α,β-unsaturated/α-hetero) is 2. The van der Waals surface area contributed by atoms with Gasteiger partial charge in [0.2, 0.25) is 0 Å². The van der Waals surface area contributed by atoms with Gasteiger partial charge in [0.25, 0.3) is 5.91 Å². The molecule has 1 atom stereocenters. The van der Waals surface area contributed by atoms with Crippen molar-refractivity contribution in [2.45, 2.75) is 18.9 Å². The molecule has 4 rings (SSSR count). The van der Waals surface area contributed by atoms with Gasteiger partial charge in [0.1, 0.15) is 6.61 Å². The largest absolute Gasteiger partial charge is 0.388 e. The van der Waals surface area contributed by atoms with Crippen LogP contribution >= 0.6 is 0 Å². The second-order valence-corrected chi connectivity index (χ2v) is 8.20. The molecule has 0 aromatic heterocycles. The zero-order chi connectivity index (χ0) is 23.9. The van der Waals surface area contributed by atoms with E-state index in [9.17, 15) is 14.4 Å². The first-order chi connectivity index (χ1) is 16.5. The molecule has 1 amide bonds. The minimum Gasteiger partial charge on any atom is -0.388 e. The molecule has 0 unspecified atom stereocenters. The summed E-state index contributed by atoms with van der Waals surface area (Å²) in [5.41, 5.74) is 2.57. The molecule has 0 bridgehead atoms. The first-order valence-electron chi connectivity index (χ1n) is 11.1. The van der Waals surface area contributed by atoms with E-state index in [-0.39, 0.29) is 23.9 Å². The molecule has 0 saturated carbocycles. The molecular weight excluding hydrogens is 426 g/mol. The number of rotatable bonds is 9. The number of aliphatic hydroxyl groups excluding tert-OH is 1. The van der Waals surface area contributed by atoms with E-state index in [2.05, 4.69) is 5.32 Å². The van der Waals surface area contributed by atoms with Crippen LogP contribution in [0.3, 0.4) is 0 Å². The number of amides is 1. The summed E-state index contributed by atoms with van der Waals surface area (Å²) in [5.74, 6) is -0.801. The fourth-order valence-corrected chi connectivity index (χ4v) is 3.90. The van der Waals surface area contributed by atoms with Gasteiger partial charge < -0.3 is 10.4 Å². The van der Waals surface area contributed by atoms with Crippen LogP contribution in [0, 0.1) is 0 Å². The number of fused-ring (bicyclic) bond motifs is 1. The Bertz CT molecular complexity index is 1310. The third-order valence-corrected chi connectivity index (χ3v) is 5.78. The van der Waals surface area contributed by atoms with E-state index >= 15 is 0 Å². The molecule has 5 nitrogen and oxygen atoms in total. The maximum Gasteiger partial charge on any atom is 0.251 e. The molecule has 2 N–H and O–H groups in total. The minimum atomic E-state index is -0.715. The Morgan fingerprint density at radius 3 is 2.06 bits per heavy atom. The second kappa shape index (κ2) is 10.7. The number of nitrogens with one attached hydrogen (secondary N) is 1. The topological polar surface area (TPSA) is 83.5 Å². The van der Waals surface area contributed by atoms with Gasteiger partial charge in [-0.25, -0.2) is 0 Å². The summed E-state index contributed by atoms with van der Waals surface area (Å²) < 4.78 is 0. The summed E-state index contributed by atoms with van der Waals surface area (Å²) in [6.07, 6.45) is 0.476. The molecule has 0 radical (unpaired) electrons. The summed E-state index contributed by atoms with van der Waals surface area (Å²) in [5, 5.41) is 14.1. The van der Waals surface area contributed by atoms with Crippen molar-refractivity contribution >= 4 is 28.2 Å². The van der Waals surface area contributed by atoms with Crippen LogP contribution in [0.1, 0.15) is 31.8 Å². The zero-order valence-corrected chi connectivity index (χ0v) is 18.6. The van der Waals surface area contributed by atoms with Gasteiger partial charge in [-0.3, -0.25) is 14.4 Å². The highest BCUT2D eigenvalue weighted by Crippen LogP contribution is 2.18. The molecule has 0 spiro atoms. The lowest BCUT2D eigenvalue weighted by atomic mass is 9.95. The highest BCUT2D eigenvalue weighted by Gasteiger charge is 2.22. The maximum atomic E-state index is 13.3. The number of carbonyl (C=O) groups excluding carboxylic acids is 3. The van der Waals surface area contributed by atoms with Crippen LogP contribution in [0.15, 0.2) is 97.1 Å². The van der Waals surface area contributed by atoms with Crippen LogP contribution in [0.25, 0.3) is 10.8 Å². The highest BCUT2D eigenvalue weighted by atomic mass is 16.3. The van der Waals surface area contributed by atoms with Crippen LogP contribution < -0.4 is 5.32 Å². The minimum absolute atomic E-state index is 0.112. The zero-order valence-electron chi connectivity index (χ0n) is 18.6. The van der Waals surface area contributed by atoms with E-state index in [0.29, 0.717) is 17.5 Å². The molecule has 5 heteroatoms. The van der Waals surface area contributed by atoms with Crippen molar-refractivity contribution < 1.29 is 19.5 Å². The van der Waals surface area contributed by atoms with Gasteiger partial charge in [-0.1, -0.05) is 84.9 Å². The van der Waals surface area contributed by atoms with Crippen LogP contribution in [0.2, 0.25) is 0 Å². The fraction of sp³-hybridized carbons (Fsp3) is 0.138. The van der Waals surface area contributed by atoms with E-state index in [1.165, 1.54) is 0 Å². The molecule has 0 fully saturated rings. The van der Waals surface area contributed by atoms with Crippen molar-refractivity contribution in [2.24, 2.45) is 0 Å². The average molecular weight is 452 g/mol. The maximum absolute atomic E-state index is 13.3. The van der Waals surface area contributed by atoms with Crippen molar-refractivity contribution in [3.05, 3.63) is 119 Å². The summed E-state index contributed by atoms with van der Waals surface area (Å²) in [6.45, 7) is -0.558. The smallest absolute Gasteiger partial charge is 0.251 e. The second-order valence-electron chi connectivity index (χ2n) is 8.20. The Kier molecular flexibility index (Phi) is 7.25. The van der Waals surface area contributed by atoms with E-state index in [0.717, 1.165) is 21.9 Å². The quantitative estimate of drug-likeness (QED) is 0.374. The first kappa shape index (κ1) is 23.1. The standard InChI is InChI=1S/C29H25NO4/c31-19-28(33)23-14-10-20(11-15-23)18-27(32)26(30-29(34)24-7-2-1-3-8-24)17-21-12-13-22-6-4-5-9-25(22)16-21/h1-16,26,31H,17-19H2,(H,30,34)/t26-/m0/s1. The van der Waals surface area contributed by atoms with Gasteiger partial charge in [-0.15, -0.1) is 0 Å². The summed E-state index contributed by atoms with van der Waals surface area (Å²) in [4.78, 5) is 37.8. The number of aliphatic hydroxyl groups is 1. The molecule has 0 saturated heterocycles. The van der Waals surface area contributed by atoms with Gasteiger partial charge in [0.05, 0.1) is 6.04 Å². The summed E-state index contributed by atoms with van der Waals surface area (Å²) >= 11 is 0. The highest BCUT2D eigenvalue weighted by molar-refractivity contribution is 5.99. The fourth-order valence-electron chi connectivity index (χ4n) is 3.90. The van der Waals surface area contributed by atoms with Gasteiger partial charge in [-0.2, -0.15) is 0 Å². The van der Waals surface area contributed by atoms with Crippen LogP contribution in [-0.2, 0) is 17.6 Å². The van der Waals surface area contributed by atoms with Crippen molar-refractivity contribution in [3.63, 3.8) is 0 Å². The third-order valence-electron chi connectivity index (χ3n) is 5.78. The van der Waals surface area contributed by atoms with Crippen LogP contribution in [0.5, 0.6) is 0 Å². The van der Waals surface area contributed by atoms with Gasteiger partial charge in [-0.05, 0) is 40.5 Å². The number of hydrogen-bond acceptors (Lipinski definition) is 4. The predicted molar refractivity (Wildman–Crippen MR) is 132 cm³/mol. The number of carbonyl (C=O) groups is 3. The van der Waals surface area contributed by atoms with Gasteiger partial charge in [0.15, 0.2) is 11.6 Å². The third kappa shape index (κ3) is 5.63. The molecule has 4 aromatic carbocycles. The molecule has 34 heavy (non-hydrogen) atoms. The Hall–Kier alpha value is -4.09. The Morgan fingerprint density at radius 1 is 0.706 bits per heavy atom. The monoisotopic (exact) mass is 451 g/mol. The van der Waals surface area contributed by atoms with Crippen molar-refractivity contribution in [1.29, 1.82) is 0 Å².